The Morgan fingerprint density at radius 3 is 2.78 bits per heavy atom. The Kier molecular flexibility index (Phi) is 5.35. The quantitative estimate of drug-likeness (QED) is 0.852. The average molecular weight is 258 g/mol. The van der Waals surface area contributed by atoms with E-state index in [1.807, 2.05) is 13.8 Å². The number of carbonyl (C=O) groups excluding carboxylic acids is 1. The largest absolute Gasteiger partial charge is 0.435 e. The van der Waals surface area contributed by atoms with E-state index in [0.717, 1.165) is 6.42 Å². The highest BCUT2D eigenvalue weighted by Gasteiger charge is 2.07. The maximum atomic E-state index is 12.0. The van der Waals surface area contributed by atoms with Gasteiger partial charge < -0.3 is 15.4 Å². The van der Waals surface area contributed by atoms with Crippen molar-refractivity contribution in [1.29, 1.82) is 0 Å². The zero-order chi connectivity index (χ0) is 13.5. The topological polar surface area (TPSA) is 50.4 Å². The van der Waals surface area contributed by atoms with Gasteiger partial charge in [0.2, 0.25) is 0 Å². The predicted molar refractivity (Wildman–Crippen MR) is 65.0 cm³/mol. The van der Waals surface area contributed by atoms with Crippen LogP contribution in [0.2, 0.25) is 0 Å². The molecule has 0 heterocycles. The third kappa shape index (κ3) is 4.99. The predicted octanol–water partition coefficient (Wildman–Crippen LogP) is 3.21. The highest BCUT2D eigenvalue weighted by molar-refractivity contribution is 5.89. The van der Waals surface area contributed by atoms with Crippen LogP contribution >= 0.6 is 0 Å². The number of amides is 2. The van der Waals surface area contributed by atoms with Crippen LogP contribution in [0.4, 0.5) is 19.3 Å². The lowest BCUT2D eigenvalue weighted by Gasteiger charge is -2.13. The molecular formula is C12H16F2N2O2. The summed E-state index contributed by atoms with van der Waals surface area (Å²) in [7, 11) is 0. The summed E-state index contributed by atoms with van der Waals surface area (Å²) in [6.45, 7) is 0.937. The fourth-order valence-corrected chi connectivity index (χ4v) is 1.24. The van der Waals surface area contributed by atoms with Crippen molar-refractivity contribution in [1.82, 2.24) is 5.32 Å². The van der Waals surface area contributed by atoms with Gasteiger partial charge in [-0.2, -0.15) is 8.78 Å². The van der Waals surface area contributed by atoms with Gasteiger partial charge in [-0.25, -0.2) is 4.79 Å². The third-order valence-corrected chi connectivity index (χ3v) is 2.31. The maximum absolute atomic E-state index is 12.0. The summed E-state index contributed by atoms with van der Waals surface area (Å²) in [6, 6.07) is 5.52. The molecule has 1 aromatic rings. The van der Waals surface area contributed by atoms with Crippen LogP contribution in [-0.2, 0) is 0 Å². The molecule has 6 heteroatoms. The summed E-state index contributed by atoms with van der Waals surface area (Å²) in [6.07, 6.45) is 0.807. The van der Waals surface area contributed by atoms with Crippen LogP contribution in [0, 0.1) is 0 Å². The molecule has 4 nitrogen and oxygen atoms in total. The van der Waals surface area contributed by atoms with Crippen molar-refractivity contribution < 1.29 is 18.3 Å². The van der Waals surface area contributed by atoms with Crippen LogP contribution in [0.5, 0.6) is 5.75 Å². The van der Waals surface area contributed by atoms with Crippen molar-refractivity contribution in [2.45, 2.75) is 32.9 Å². The van der Waals surface area contributed by atoms with Crippen LogP contribution in [0.25, 0.3) is 0 Å². The minimum Gasteiger partial charge on any atom is -0.435 e. The minimum atomic E-state index is -2.88. The molecule has 0 saturated heterocycles. The summed E-state index contributed by atoms with van der Waals surface area (Å²) in [5, 5.41) is 5.25. The van der Waals surface area contributed by atoms with E-state index in [9.17, 15) is 13.6 Å². The number of ether oxygens (including phenoxy) is 1. The first-order valence-electron chi connectivity index (χ1n) is 5.63. The van der Waals surface area contributed by atoms with Gasteiger partial charge in [-0.3, -0.25) is 0 Å². The Hall–Kier alpha value is -1.85. The molecule has 0 aromatic heterocycles. The lowest BCUT2D eigenvalue weighted by molar-refractivity contribution is -0.0497. The van der Waals surface area contributed by atoms with Gasteiger partial charge in [-0.05, 0) is 25.5 Å². The van der Waals surface area contributed by atoms with Gasteiger partial charge in [0.1, 0.15) is 5.75 Å². The molecule has 0 bridgehead atoms. The first-order valence-corrected chi connectivity index (χ1v) is 5.63. The van der Waals surface area contributed by atoms with Crippen LogP contribution in [-0.4, -0.2) is 18.7 Å². The van der Waals surface area contributed by atoms with Gasteiger partial charge in [-0.15, -0.1) is 0 Å². The molecule has 0 fully saturated rings. The van der Waals surface area contributed by atoms with Crippen molar-refractivity contribution >= 4 is 11.7 Å². The van der Waals surface area contributed by atoms with Gasteiger partial charge in [0.25, 0.3) is 0 Å². The van der Waals surface area contributed by atoms with Crippen LogP contribution in [0.15, 0.2) is 24.3 Å². The van der Waals surface area contributed by atoms with Crippen LogP contribution in [0.3, 0.4) is 0 Å². The molecule has 0 spiro atoms. The Morgan fingerprint density at radius 1 is 1.44 bits per heavy atom. The molecule has 1 rings (SSSR count). The SMILES string of the molecule is CCC(C)NC(=O)Nc1cccc(OC(F)F)c1. The number of benzene rings is 1. The Labute approximate surface area is 104 Å². The fourth-order valence-electron chi connectivity index (χ4n) is 1.24. The minimum absolute atomic E-state index is 0.00587. The van der Waals surface area contributed by atoms with E-state index < -0.39 is 6.61 Å². The molecule has 0 aliphatic carbocycles. The number of nitrogens with one attached hydrogen (secondary N) is 2. The first kappa shape index (κ1) is 14.2. The second kappa shape index (κ2) is 6.78. The van der Waals surface area contributed by atoms with Crippen molar-refractivity contribution in [2.24, 2.45) is 0 Å². The van der Waals surface area contributed by atoms with Crippen molar-refractivity contribution in [3.8, 4) is 5.75 Å². The van der Waals surface area contributed by atoms with Gasteiger partial charge in [0.15, 0.2) is 0 Å². The molecule has 1 atom stereocenters. The smallest absolute Gasteiger partial charge is 0.387 e. The average Bonchev–Trinajstić information content (AvgIpc) is 2.28. The van der Waals surface area contributed by atoms with E-state index in [1.54, 1.807) is 6.07 Å². The highest BCUT2D eigenvalue weighted by Crippen LogP contribution is 2.19. The molecule has 2 amide bonds. The zero-order valence-electron chi connectivity index (χ0n) is 10.2. The molecule has 2 N–H and O–H groups in total. The standard InChI is InChI=1S/C12H16F2N2O2/c1-3-8(2)15-12(17)16-9-5-4-6-10(7-9)18-11(13)14/h4-8,11H,3H2,1-2H3,(H2,15,16,17). The van der Waals surface area contributed by atoms with Crippen molar-refractivity contribution in [2.75, 3.05) is 5.32 Å². The summed E-state index contributed by atoms with van der Waals surface area (Å²) in [4.78, 5) is 11.5. The molecular weight excluding hydrogens is 242 g/mol. The summed E-state index contributed by atoms with van der Waals surface area (Å²) < 4.78 is 28.3. The number of anilines is 1. The lowest BCUT2D eigenvalue weighted by Crippen LogP contribution is -2.35. The molecule has 0 aliphatic rings. The fraction of sp³-hybridized carbons (Fsp3) is 0.417. The van der Waals surface area contributed by atoms with Gasteiger partial charge in [0.05, 0.1) is 0 Å². The second-order valence-electron chi connectivity index (χ2n) is 3.81. The molecule has 0 radical (unpaired) electrons. The monoisotopic (exact) mass is 258 g/mol. The third-order valence-electron chi connectivity index (χ3n) is 2.31. The number of carbonyl (C=O) groups is 1. The molecule has 100 valence electrons. The highest BCUT2D eigenvalue weighted by atomic mass is 19.3. The summed E-state index contributed by atoms with van der Waals surface area (Å²) >= 11 is 0. The van der Waals surface area contributed by atoms with Gasteiger partial charge in [0, 0.05) is 17.8 Å². The van der Waals surface area contributed by atoms with E-state index in [1.165, 1.54) is 18.2 Å². The lowest BCUT2D eigenvalue weighted by atomic mass is 10.2. The van der Waals surface area contributed by atoms with Gasteiger partial charge in [-0.1, -0.05) is 13.0 Å². The molecule has 1 unspecified atom stereocenters. The summed E-state index contributed by atoms with van der Waals surface area (Å²) in [5.41, 5.74) is 0.397. The Morgan fingerprint density at radius 2 is 2.17 bits per heavy atom. The van der Waals surface area contributed by atoms with Crippen molar-refractivity contribution in [3.63, 3.8) is 0 Å². The number of urea groups is 1. The van der Waals surface area contributed by atoms with Crippen molar-refractivity contribution in [3.05, 3.63) is 24.3 Å². The zero-order valence-corrected chi connectivity index (χ0v) is 10.2. The number of rotatable bonds is 5. The number of hydrogen-bond donors (Lipinski definition) is 2. The van der Waals surface area contributed by atoms with E-state index >= 15 is 0 Å². The van der Waals surface area contributed by atoms with Crippen LogP contribution in [0.1, 0.15) is 20.3 Å². The number of halogens is 2. The van der Waals surface area contributed by atoms with Gasteiger partial charge >= 0.3 is 12.6 Å². The van der Waals surface area contributed by atoms with E-state index in [-0.39, 0.29) is 17.8 Å². The molecule has 0 aliphatic heterocycles. The van der Waals surface area contributed by atoms with Crippen LogP contribution < -0.4 is 15.4 Å². The number of alkyl halides is 2. The molecule has 1 aromatic carbocycles. The van der Waals surface area contributed by atoms with E-state index in [0.29, 0.717) is 5.69 Å². The maximum Gasteiger partial charge on any atom is 0.387 e. The first-order chi connectivity index (χ1) is 8.51. The second-order valence-corrected chi connectivity index (χ2v) is 3.81. The molecule has 0 saturated carbocycles. The Balaban J connectivity index is 2.59. The normalized spacial score (nSPS) is 12.1. The molecule has 18 heavy (non-hydrogen) atoms. The van der Waals surface area contributed by atoms with E-state index in [2.05, 4.69) is 15.4 Å². The summed E-state index contributed by atoms with van der Waals surface area (Å²) in [5.74, 6) is 0.00587. The Bertz CT molecular complexity index is 399. The van der Waals surface area contributed by atoms with E-state index in [4.69, 9.17) is 0 Å². The number of hydrogen-bond acceptors (Lipinski definition) is 2.